The van der Waals surface area contributed by atoms with Crippen molar-refractivity contribution in [2.24, 2.45) is 5.92 Å². The van der Waals surface area contributed by atoms with E-state index in [9.17, 15) is 9.18 Å². The number of carbonyl (C=O) groups is 1. The number of nitrogens with zero attached hydrogens (tertiary/aromatic N) is 1. The van der Waals surface area contributed by atoms with Crippen molar-refractivity contribution in [3.05, 3.63) is 96.1 Å². The van der Waals surface area contributed by atoms with Crippen LogP contribution >= 0.6 is 0 Å². The lowest BCUT2D eigenvalue weighted by atomic mass is 9.86. The Bertz CT molecular complexity index is 1370. The maximum atomic E-state index is 14.4. The van der Waals surface area contributed by atoms with Gasteiger partial charge in [0.2, 0.25) is 0 Å². The van der Waals surface area contributed by atoms with Gasteiger partial charge in [0.25, 0.3) is 5.91 Å². The Morgan fingerprint density at radius 1 is 0.973 bits per heavy atom. The van der Waals surface area contributed by atoms with E-state index in [-0.39, 0.29) is 11.7 Å². The van der Waals surface area contributed by atoms with Crippen LogP contribution in [0.15, 0.2) is 79.1 Å². The lowest BCUT2D eigenvalue weighted by Gasteiger charge is -2.28. The minimum atomic E-state index is -0.491. The Hall–Kier alpha value is -3.93. The second-order valence-electron chi connectivity index (χ2n) is 9.60. The summed E-state index contributed by atoms with van der Waals surface area (Å²) in [7, 11) is 0. The minimum Gasteiger partial charge on any atom is -0.490 e. The number of ether oxygens (including phenoxy) is 2. The molecule has 1 heterocycles. The van der Waals surface area contributed by atoms with Gasteiger partial charge in [-0.05, 0) is 73.6 Å². The molecule has 1 aliphatic rings. The van der Waals surface area contributed by atoms with Gasteiger partial charge in [0.05, 0.1) is 6.10 Å². The number of fused-ring (bicyclic) bond motifs is 1. The van der Waals surface area contributed by atoms with E-state index < -0.39 is 11.7 Å². The zero-order valence-corrected chi connectivity index (χ0v) is 21.0. The summed E-state index contributed by atoms with van der Waals surface area (Å²) in [6.07, 6.45) is 8.87. The smallest absolute Gasteiger partial charge is 0.255 e. The van der Waals surface area contributed by atoms with E-state index in [0.29, 0.717) is 23.8 Å². The highest BCUT2D eigenvalue weighted by molar-refractivity contribution is 6.10. The number of benzene rings is 3. The van der Waals surface area contributed by atoms with Crippen LogP contribution in [0.3, 0.4) is 0 Å². The molecule has 5 rings (SSSR count). The molecule has 0 spiro atoms. The molecule has 190 valence electrons. The van der Waals surface area contributed by atoms with Crippen LogP contribution in [-0.4, -0.2) is 17.0 Å². The topological polar surface area (TPSA) is 60.5 Å². The van der Waals surface area contributed by atoms with Crippen molar-refractivity contribution in [2.45, 2.75) is 51.7 Å². The molecule has 6 heteroatoms. The predicted octanol–water partition coefficient (Wildman–Crippen LogP) is 7.55. The summed E-state index contributed by atoms with van der Waals surface area (Å²) in [5.74, 6) is 0.972. The van der Waals surface area contributed by atoms with Gasteiger partial charge in [0.15, 0.2) is 0 Å². The van der Waals surface area contributed by atoms with Crippen molar-refractivity contribution in [3.8, 4) is 11.5 Å². The lowest BCUT2D eigenvalue weighted by molar-refractivity contribution is 0.102. The van der Waals surface area contributed by atoms with Gasteiger partial charge in [0, 0.05) is 40.5 Å². The van der Waals surface area contributed by atoms with Crippen molar-refractivity contribution < 1.29 is 18.7 Å². The molecule has 1 aliphatic carbocycles. The molecule has 37 heavy (non-hydrogen) atoms. The summed E-state index contributed by atoms with van der Waals surface area (Å²) in [5.41, 5.74) is 1.86. The molecule has 1 N–H and O–H groups in total. The lowest BCUT2D eigenvalue weighted by Crippen LogP contribution is -2.24. The first kappa shape index (κ1) is 24.8. The Morgan fingerprint density at radius 3 is 2.49 bits per heavy atom. The molecule has 0 saturated heterocycles. The van der Waals surface area contributed by atoms with Crippen LogP contribution in [0.25, 0.3) is 10.8 Å². The molecule has 1 saturated carbocycles. The Kier molecular flexibility index (Phi) is 7.64. The van der Waals surface area contributed by atoms with Crippen LogP contribution < -0.4 is 14.8 Å². The molecule has 1 aromatic heterocycles. The Morgan fingerprint density at radius 2 is 1.73 bits per heavy atom. The number of nitrogens with one attached hydrogen (secondary N) is 1. The van der Waals surface area contributed by atoms with Gasteiger partial charge in [0.1, 0.15) is 23.9 Å². The zero-order chi connectivity index (χ0) is 25.6. The third-order valence-corrected chi connectivity index (χ3v) is 7.08. The van der Waals surface area contributed by atoms with Crippen LogP contribution in [0.5, 0.6) is 11.5 Å². The van der Waals surface area contributed by atoms with Crippen LogP contribution in [0.1, 0.15) is 54.9 Å². The third kappa shape index (κ3) is 6.08. The van der Waals surface area contributed by atoms with Gasteiger partial charge in [-0.25, -0.2) is 4.39 Å². The van der Waals surface area contributed by atoms with Gasteiger partial charge >= 0.3 is 0 Å². The molecule has 0 bridgehead atoms. The van der Waals surface area contributed by atoms with Gasteiger partial charge in [-0.15, -0.1) is 0 Å². The van der Waals surface area contributed by atoms with E-state index in [2.05, 4.69) is 17.2 Å². The standard InChI is InChI=1S/C31H31FN2O3/c1-2-21-7-9-25(10-8-21)37-26-18-23(17-24(32)19-26)31(35)34-29-11-12-30(28-6-4-3-5-27(28)29)36-20-22-13-15-33-16-14-22/h3-6,11-19,21,25H,2,7-10,20H2,1H3,(H,34,35). The van der Waals surface area contributed by atoms with Gasteiger partial charge in [-0.2, -0.15) is 0 Å². The molecular weight excluding hydrogens is 467 g/mol. The van der Waals surface area contributed by atoms with Crippen molar-refractivity contribution in [3.63, 3.8) is 0 Å². The number of rotatable bonds is 8. The summed E-state index contributed by atoms with van der Waals surface area (Å²) >= 11 is 0. The van der Waals surface area contributed by atoms with Crippen molar-refractivity contribution >= 4 is 22.4 Å². The molecule has 0 unspecified atom stereocenters. The van der Waals surface area contributed by atoms with E-state index in [1.807, 2.05) is 48.5 Å². The number of amides is 1. The van der Waals surface area contributed by atoms with E-state index in [4.69, 9.17) is 9.47 Å². The Balaban J connectivity index is 1.32. The number of halogens is 1. The maximum absolute atomic E-state index is 14.4. The fraction of sp³-hybridized carbons (Fsp3) is 0.290. The molecule has 0 radical (unpaired) electrons. The fourth-order valence-electron chi connectivity index (χ4n) is 4.95. The summed E-state index contributed by atoms with van der Waals surface area (Å²) in [5, 5.41) is 4.66. The number of anilines is 1. The highest BCUT2D eigenvalue weighted by Crippen LogP contribution is 2.33. The van der Waals surface area contributed by atoms with E-state index in [1.54, 1.807) is 18.5 Å². The number of pyridine rings is 1. The zero-order valence-electron chi connectivity index (χ0n) is 21.0. The summed E-state index contributed by atoms with van der Waals surface area (Å²) in [6, 6.07) is 19.4. The van der Waals surface area contributed by atoms with E-state index in [0.717, 1.165) is 47.9 Å². The molecule has 1 fully saturated rings. The first-order chi connectivity index (χ1) is 18.1. The number of hydrogen-bond acceptors (Lipinski definition) is 4. The molecule has 0 atom stereocenters. The maximum Gasteiger partial charge on any atom is 0.255 e. The predicted molar refractivity (Wildman–Crippen MR) is 144 cm³/mol. The van der Waals surface area contributed by atoms with Gasteiger partial charge in [-0.1, -0.05) is 37.6 Å². The molecule has 4 aromatic rings. The minimum absolute atomic E-state index is 0.0594. The highest BCUT2D eigenvalue weighted by atomic mass is 19.1. The molecular formula is C31H31FN2O3. The normalized spacial score (nSPS) is 17.4. The van der Waals surface area contributed by atoms with E-state index >= 15 is 0 Å². The molecule has 1 amide bonds. The number of hydrogen-bond donors (Lipinski definition) is 1. The van der Waals surface area contributed by atoms with Crippen LogP contribution in [0, 0.1) is 11.7 Å². The quantitative estimate of drug-likeness (QED) is 0.272. The second kappa shape index (κ2) is 11.4. The largest absolute Gasteiger partial charge is 0.490 e. The molecule has 3 aromatic carbocycles. The monoisotopic (exact) mass is 498 g/mol. The summed E-state index contributed by atoms with van der Waals surface area (Å²) in [6.45, 7) is 2.63. The van der Waals surface area contributed by atoms with Gasteiger partial charge < -0.3 is 14.8 Å². The van der Waals surface area contributed by atoms with Crippen molar-refractivity contribution in [1.82, 2.24) is 4.98 Å². The second-order valence-corrected chi connectivity index (χ2v) is 9.60. The molecule has 5 nitrogen and oxygen atoms in total. The Labute approximate surface area is 216 Å². The van der Waals surface area contributed by atoms with Crippen LogP contribution in [0.4, 0.5) is 10.1 Å². The first-order valence-electron chi connectivity index (χ1n) is 12.9. The highest BCUT2D eigenvalue weighted by Gasteiger charge is 2.22. The first-order valence-corrected chi connectivity index (χ1v) is 12.9. The van der Waals surface area contributed by atoms with Crippen molar-refractivity contribution in [1.29, 1.82) is 0 Å². The van der Waals surface area contributed by atoms with Gasteiger partial charge in [-0.3, -0.25) is 9.78 Å². The average Bonchev–Trinajstić information content (AvgIpc) is 2.93. The third-order valence-electron chi connectivity index (χ3n) is 7.08. The van der Waals surface area contributed by atoms with Crippen molar-refractivity contribution in [2.75, 3.05) is 5.32 Å². The fourth-order valence-corrected chi connectivity index (χ4v) is 4.95. The average molecular weight is 499 g/mol. The molecule has 0 aliphatic heterocycles. The SMILES string of the molecule is CCC1CCC(Oc2cc(F)cc(C(=O)Nc3ccc(OCc4ccncc4)c4ccccc34)c2)CC1. The summed E-state index contributed by atoms with van der Waals surface area (Å²) < 4.78 is 26.6. The number of aromatic nitrogens is 1. The summed E-state index contributed by atoms with van der Waals surface area (Å²) in [4.78, 5) is 17.2. The van der Waals surface area contributed by atoms with Crippen LogP contribution in [0.2, 0.25) is 0 Å². The van der Waals surface area contributed by atoms with E-state index in [1.165, 1.54) is 18.6 Å². The number of carbonyl (C=O) groups excluding carboxylic acids is 1. The van der Waals surface area contributed by atoms with Crippen LogP contribution in [-0.2, 0) is 6.61 Å².